The highest BCUT2D eigenvalue weighted by molar-refractivity contribution is 5.72. The Kier molecular flexibility index (Phi) is 1.93. The molecule has 0 saturated carbocycles. The van der Waals surface area contributed by atoms with Crippen LogP contribution in [0.2, 0.25) is 0 Å². The molecule has 2 aromatic rings. The molecule has 0 unspecified atom stereocenters. The predicted octanol–water partition coefficient (Wildman–Crippen LogP) is 1.27. The van der Waals surface area contributed by atoms with Gasteiger partial charge in [0.1, 0.15) is 6.33 Å². The first-order valence-electron chi connectivity index (χ1n) is 3.76. The number of hydrogen-bond donors (Lipinski definition) is 3. The molecule has 66 valence electrons. The van der Waals surface area contributed by atoms with E-state index in [9.17, 15) is 0 Å². The Balaban J connectivity index is 2.51. The summed E-state index contributed by atoms with van der Waals surface area (Å²) in [5.74, 6) is 0.622. The number of benzene rings is 1. The molecule has 0 bridgehead atoms. The highest BCUT2D eigenvalue weighted by Gasteiger charge is 2.04. The Morgan fingerprint density at radius 1 is 1.31 bits per heavy atom. The third-order valence-corrected chi connectivity index (χ3v) is 1.72. The largest absolute Gasteiger partial charge is 0.291 e. The average Bonchev–Trinajstić information content (AvgIpc) is 2.70. The summed E-state index contributed by atoms with van der Waals surface area (Å²) in [7, 11) is 0. The van der Waals surface area contributed by atoms with Crippen LogP contribution in [0.25, 0.3) is 11.4 Å². The molecule has 3 N–H and O–H groups in total. The lowest BCUT2D eigenvalue weighted by molar-refractivity contribution is 0.389. The molecule has 0 aliphatic heterocycles. The number of nitrogens with zero attached hydrogens (tertiary/aromatic N) is 2. The fraction of sp³-hybridized carbons (Fsp3) is 0. The number of H-pyrrole nitrogens is 1. The molecule has 0 spiro atoms. The molecule has 0 atom stereocenters. The molecule has 0 aliphatic carbocycles. The first-order chi connectivity index (χ1) is 6.42. The van der Waals surface area contributed by atoms with Crippen LogP contribution >= 0.6 is 0 Å². The average molecular weight is 176 g/mol. The zero-order valence-corrected chi connectivity index (χ0v) is 6.73. The smallest absolute Gasteiger partial charge is 0.157 e. The Morgan fingerprint density at radius 3 is 2.85 bits per heavy atom. The Hall–Kier alpha value is -1.88. The SMILES string of the molecule is ONc1ccccc1-c1ncn[nH]1. The normalized spacial score (nSPS) is 9.92. The first-order valence-corrected chi connectivity index (χ1v) is 3.76. The lowest BCUT2D eigenvalue weighted by atomic mass is 10.2. The summed E-state index contributed by atoms with van der Waals surface area (Å²) in [5.41, 5.74) is 3.47. The fourth-order valence-corrected chi connectivity index (χ4v) is 1.12. The quantitative estimate of drug-likeness (QED) is 0.602. The summed E-state index contributed by atoms with van der Waals surface area (Å²) in [6, 6.07) is 7.26. The second kappa shape index (κ2) is 3.24. The first kappa shape index (κ1) is 7.75. The number of nitrogens with one attached hydrogen (secondary N) is 2. The van der Waals surface area contributed by atoms with E-state index in [0.29, 0.717) is 11.5 Å². The van der Waals surface area contributed by atoms with Gasteiger partial charge >= 0.3 is 0 Å². The van der Waals surface area contributed by atoms with Gasteiger partial charge in [-0.2, -0.15) is 5.10 Å². The van der Waals surface area contributed by atoms with Gasteiger partial charge in [-0.3, -0.25) is 15.8 Å². The second-order valence-electron chi connectivity index (χ2n) is 2.49. The van der Waals surface area contributed by atoms with Crippen molar-refractivity contribution >= 4 is 5.69 Å². The fourth-order valence-electron chi connectivity index (χ4n) is 1.12. The number of anilines is 1. The van der Waals surface area contributed by atoms with Gasteiger partial charge in [0.05, 0.1) is 5.69 Å². The molecule has 0 saturated heterocycles. The van der Waals surface area contributed by atoms with Gasteiger partial charge in [-0.15, -0.1) is 0 Å². The van der Waals surface area contributed by atoms with E-state index < -0.39 is 0 Å². The minimum absolute atomic E-state index is 0.597. The molecule has 0 aliphatic rings. The maximum absolute atomic E-state index is 8.81. The van der Waals surface area contributed by atoms with Gasteiger partial charge in [0, 0.05) is 5.56 Å². The highest BCUT2D eigenvalue weighted by atomic mass is 16.5. The number of aromatic nitrogens is 3. The number of rotatable bonds is 2. The summed E-state index contributed by atoms with van der Waals surface area (Å²) in [4.78, 5) is 3.98. The van der Waals surface area contributed by atoms with E-state index in [1.807, 2.05) is 18.2 Å². The van der Waals surface area contributed by atoms with Gasteiger partial charge in [-0.05, 0) is 12.1 Å². The van der Waals surface area contributed by atoms with Crippen molar-refractivity contribution in [3.63, 3.8) is 0 Å². The topological polar surface area (TPSA) is 73.8 Å². The summed E-state index contributed by atoms with van der Waals surface area (Å²) in [6.07, 6.45) is 1.42. The van der Waals surface area contributed by atoms with Crippen molar-refractivity contribution in [2.45, 2.75) is 0 Å². The summed E-state index contributed by atoms with van der Waals surface area (Å²) < 4.78 is 0. The van der Waals surface area contributed by atoms with E-state index in [1.165, 1.54) is 6.33 Å². The van der Waals surface area contributed by atoms with Crippen LogP contribution in [0, 0.1) is 0 Å². The zero-order chi connectivity index (χ0) is 9.10. The Morgan fingerprint density at radius 2 is 2.15 bits per heavy atom. The van der Waals surface area contributed by atoms with Crippen molar-refractivity contribution in [3.8, 4) is 11.4 Å². The van der Waals surface area contributed by atoms with E-state index in [2.05, 4.69) is 20.7 Å². The molecule has 0 radical (unpaired) electrons. The van der Waals surface area contributed by atoms with Gasteiger partial charge < -0.3 is 0 Å². The molecule has 0 amide bonds. The second-order valence-corrected chi connectivity index (χ2v) is 2.49. The van der Waals surface area contributed by atoms with Crippen molar-refractivity contribution in [3.05, 3.63) is 30.6 Å². The number of para-hydroxylation sites is 1. The highest BCUT2D eigenvalue weighted by Crippen LogP contribution is 2.23. The molecule has 5 nitrogen and oxygen atoms in total. The molecule has 0 fully saturated rings. The summed E-state index contributed by atoms with van der Waals surface area (Å²) in [6.45, 7) is 0. The van der Waals surface area contributed by atoms with Crippen molar-refractivity contribution in [1.29, 1.82) is 0 Å². The number of hydrogen-bond acceptors (Lipinski definition) is 4. The Labute approximate surface area is 74.4 Å². The van der Waals surface area contributed by atoms with Crippen molar-refractivity contribution in [2.24, 2.45) is 0 Å². The van der Waals surface area contributed by atoms with Gasteiger partial charge in [-0.1, -0.05) is 12.1 Å². The van der Waals surface area contributed by atoms with E-state index in [1.54, 1.807) is 6.07 Å². The van der Waals surface area contributed by atoms with E-state index in [-0.39, 0.29) is 0 Å². The summed E-state index contributed by atoms with van der Waals surface area (Å²) >= 11 is 0. The maximum Gasteiger partial charge on any atom is 0.157 e. The molecule has 1 aromatic heterocycles. The van der Waals surface area contributed by atoms with Crippen LogP contribution in [0.15, 0.2) is 30.6 Å². The molecule has 2 rings (SSSR count). The van der Waals surface area contributed by atoms with Crippen LogP contribution in [-0.2, 0) is 0 Å². The molecule has 13 heavy (non-hydrogen) atoms. The predicted molar refractivity (Wildman–Crippen MR) is 47.2 cm³/mol. The molecule has 5 heteroatoms. The Bertz CT molecular complexity index is 385. The molecule has 1 aromatic carbocycles. The lowest BCUT2D eigenvalue weighted by Gasteiger charge is -2.03. The molecule has 1 heterocycles. The minimum atomic E-state index is 0.597. The van der Waals surface area contributed by atoms with Gasteiger partial charge in [0.2, 0.25) is 0 Å². The van der Waals surface area contributed by atoms with Crippen LogP contribution in [-0.4, -0.2) is 20.4 Å². The van der Waals surface area contributed by atoms with Crippen LogP contribution in [0.1, 0.15) is 0 Å². The van der Waals surface area contributed by atoms with Crippen molar-refractivity contribution in [2.75, 3.05) is 5.48 Å². The van der Waals surface area contributed by atoms with Crippen LogP contribution in [0.5, 0.6) is 0 Å². The van der Waals surface area contributed by atoms with Gasteiger partial charge in [0.15, 0.2) is 5.82 Å². The summed E-state index contributed by atoms with van der Waals surface area (Å²) in [5, 5.41) is 15.2. The minimum Gasteiger partial charge on any atom is -0.291 e. The van der Waals surface area contributed by atoms with Crippen molar-refractivity contribution in [1.82, 2.24) is 15.2 Å². The van der Waals surface area contributed by atoms with Crippen LogP contribution < -0.4 is 5.48 Å². The van der Waals surface area contributed by atoms with E-state index in [4.69, 9.17) is 5.21 Å². The monoisotopic (exact) mass is 176 g/mol. The van der Waals surface area contributed by atoms with Crippen molar-refractivity contribution < 1.29 is 5.21 Å². The third kappa shape index (κ3) is 1.36. The van der Waals surface area contributed by atoms with E-state index in [0.717, 1.165) is 5.56 Å². The zero-order valence-electron chi connectivity index (χ0n) is 6.73. The van der Waals surface area contributed by atoms with Crippen LogP contribution in [0.3, 0.4) is 0 Å². The standard InChI is InChI=1S/C8H8N4O/c13-12-7-4-2-1-3-6(7)8-9-5-10-11-8/h1-5,12-13H,(H,9,10,11). The third-order valence-electron chi connectivity index (χ3n) is 1.72. The molecular weight excluding hydrogens is 168 g/mol. The van der Waals surface area contributed by atoms with Crippen LogP contribution in [0.4, 0.5) is 5.69 Å². The maximum atomic E-state index is 8.81. The number of aromatic amines is 1. The molecular formula is C8H8N4O. The van der Waals surface area contributed by atoms with Gasteiger partial charge in [0.25, 0.3) is 0 Å². The van der Waals surface area contributed by atoms with Gasteiger partial charge in [-0.25, -0.2) is 4.98 Å². The lowest BCUT2D eigenvalue weighted by Crippen LogP contribution is -1.93. The van der Waals surface area contributed by atoms with E-state index >= 15 is 0 Å².